The average Bonchev–Trinajstić information content (AvgIpc) is 2.75. The second kappa shape index (κ2) is 8.99. The minimum absolute atomic E-state index is 0.682. The first-order valence-corrected chi connectivity index (χ1v) is 9.68. The van der Waals surface area contributed by atoms with E-state index in [9.17, 15) is 0 Å². The fourth-order valence-electron chi connectivity index (χ4n) is 3.26. The van der Waals surface area contributed by atoms with Gasteiger partial charge in [0.2, 0.25) is 5.95 Å². The zero-order valence-corrected chi connectivity index (χ0v) is 16.2. The van der Waals surface area contributed by atoms with Crippen molar-refractivity contribution in [3.05, 3.63) is 41.5 Å². The summed E-state index contributed by atoms with van der Waals surface area (Å²) in [4.78, 5) is 13.9. The van der Waals surface area contributed by atoms with Crippen molar-refractivity contribution in [2.75, 3.05) is 67.8 Å². The molecule has 0 aliphatic carbocycles. The second-order valence-electron chi connectivity index (χ2n) is 6.89. The summed E-state index contributed by atoms with van der Waals surface area (Å²) in [6.07, 6.45) is 1.80. The summed E-state index contributed by atoms with van der Waals surface area (Å²) in [6.45, 7) is 8.11. The molecule has 2 aliphatic rings. The van der Waals surface area contributed by atoms with Gasteiger partial charge in [0.05, 0.1) is 32.6 Å². The molecule has 0 atom stereocenters. The maximum atomic E-state index is 5.47. The van der Waals surface area contributed by atoms with E-state index < -0.39 is 0 Å². The molecule has 0 spiro atoms. The van der Waals surface area contributed by atoms with Crippen LogP contribution in [-0.4, -0.2) is 68.8 Å². The van der Waals surface area contributed by atoms with E-state index in [1.165, 1.54) is 5.56 Å². The third-order valence-electron chi connectivity index (χ3n) is 4.76. The van der Waals surface area contributed by atoms with Crippen LogP contribution in [0.25, 0.3) is 0 Å². The molecular formula is C20H26N6O2. The number of aryl methyl sites for hydroxylation is 1. The third-order valence-corrected chi connectivity index (χ3v) is 4.76. The van der Waals surface area contributed by atoms with Gasteiger partial charge in [-0.3, -0.25) is 5.43 Å². The molecule has 2 aliphatic heterocycles. The summed E-state index contributed by atoms with van der Waals surface area (Å²) in [6, 6.07) is 10.1. The SMILES string of the molecule is Cc1cccc(/C=N\Nc2cc(N3CCOCC3)nc(N3CCOCC3)n2)c1. The Morgan fingerprint density at radius 3 is 2.39 bits per heavy atom. The summed E-state index contributed by atoms with van der Waals surface area (Å²) in [7, 11) is 0. The first kappa shape index (κ1) is 18.6. The lowest BCUT2D eigenvalue weighted by atomic mass is 10.2. The molecule has 0 radical (unpaired) electrons. The van der Waals surface area contributed by atoms with Gasteiger partial charge in [-0.05, 0) is 12.5 Å². The molecule has 148 valence electrons. The van der Waals surface area contributed by atoms with Crippen LogP contribution >= 0.6 is 0 Å². The number of rotatable bonds is 5. The van der Waals surface area contributed by atoms with Crippen molar-refractivity contribution in [1.29, 1.82) is 0 Å². The van der Waals surface area contributed by atoms with Crippen molar-refractivity contribution in [1.82, 2.24) is 9.97 Å². The highest BCUT2D eigenvalue weighted by molar-refractivity contribution is 5.80. The van der Waals surface area contributed by atoms with Crippen molar-refractivity contribution in [2.24, 2.45) is 5.10 Å². The number of hydrogen-bond donors (Lipinski definition) is 1. The van der Waals surface area contributed by atoms with Gasteiger partial charge in [-0.25, -0.2) is 0 Å². The Labute approximate surface area is 165 Å². The Bertz CT molecular complexity index is 780. The highest BCUT2D eigenvalue weighted by Gasteiger charge is 2.19. The molecule has 2 saturated heterocycles. The fraction of sp³-hybridized carbons (Fsp3) is 0.450. The molecule has 1 N–H and O–H groups in total. The fourth-order valence-corrected chi connectivity index (χ4v) is 3.26. The minimum Gasteiger partial charge on any atom is -0.378 e. The molecule has 0 saturated carbocycles. The number of hydrazone groups is 1. The first-order chi connectivity index (χ1) is 13.8. The quantitative estimate of drug-likeness (QED) is 0.625. The Balaban J connectivity index is 1.55. The monoisotopic (exact) mass is 382 g/mol. The predicted molar refractivity (Wildman–Crippen MR) is 110 cm³/mol. The van der Waals surface area contributed by atoms with Crippen molar-refractivity contribution >= 4 is 23.8 Å². The van der Waals surface area contributed by atoms with Crippen LogP contribution in [0.1, 0.15) is 11.1 Å². The lowest BCUT2D eigenvalue weighted by Crippen LogP contribution is -2.39. The lowest BCUT2D eigenvalue weighted by Gasteiger charge is -2.31. The molecular weight excluding hydrogens is 356 g/mol. The van der Waals surface area contributed by atoms with E-state index in [2.05, 4.69) is 44.4 Å². The summed E-state index contributed by atoms with van der Waals surface area (Å²) in [5.74, 6) is 2.29. The van der Waals surface area contributed by atoms with E-state index >= 15 is 0 Å². The number of hydrogen-bond acceptors (Lipinski definition) is 8. The molecule has 8 heteroatoms. The van der Waals surface area contributed by atoms with Gasteiger partial charge in [-0.15, -0.1) is 0 Å². The Morgan fingerprint density at radius 1 is 0.964 bits per heavy atom. The van der Waals surface area contributed by atoms with Crippen molar-refractivity contribution < 1.29 is 9.47 Å². The molecule has 1 aromatic carbocycles. The van der Waals surface area contributed by atoms with Crippen LogP contribution in [0.4, 0.5) is 17.6 Å². The molecule has 0 bridgehead atoms. The van der Waals surface area contributed by atoms with Crippen LogP contribution in [0, 0.1) is 6.92 Å². The Hall–Kier alpha value is -2.71. The standard InChI is InChI=1S/C20H26N6O2/c1-16-3-2-4-17(13-16)15-21-24-18-14-19(25-5-9-27-10-6-25)23-20(22-18)26-7-11-28-12-8-26/h2-4,13-15H,5-12H2,1H3,(H,22,23,24)/b21-15-. The summed E-state index contributed by atoms with van der Waals surface area (Å²) >= 11 is 0. The zero-order valence-electron chi connectivity index (χ0n) is 16.2. The summed E-state index contributed by atoms with van der Waals surface area (Å²) < 4.78 is 10.9. The number of benzene rings is 1. The van der Waals surface area contributed by atoms with Gasteiger partial charge in [-0.2, -0.15) is 15.1 Å². The van der Waals surface area contributed by atoms with Gasteiger partial charge in [0.1, 0.15) is 5.82 Å². The van der Waals surface area contributed by atoms with Crippen LogP contribution < -0.4 is 15.2 Å². The highest BCUT2D eigenvalue weighted by Crippen LogP contribution is 2.22. The van der Waals surface area contributed by atoms with Crippen LogP contribution in [0.5, 0.6) is 0 Å². The van der Waals surface area contributed by atoms with Crippen molar-refractivity contribution in [2.45, 2.75) is 6.92 Å². The van der Waals surface area contributed by atoms with Crippen molar-refractivity contribution in [3.63, 3.8) is 0 Å². The van der Waals surface area contributed by atoms with E-state index in [0.717, 1.165) is 37.6 Å². The normalized spacial score (nSPS) is 17.9. The zero-order chi connectivity index (χ0) is 19.2. The van der Waals surface area contributed by atoms with Crippen molar-refractivity contribution in [3.8, 4) is 0 Å². The summed E-state index contributed by atoms with van der Waals surface area (Å²) in [5.41, 5.74) is 5.32. The van der Waals surface area contributed by atoms with E-state index in [4.69, 9.17) is 14.5 Å². The molecule has 8 nitrogen and oxygen atoms in total. The number of nitrogens with zero attached hydrogens (tertiary/aromatic N) is 5. The smallest absolute Gasteiger partial charge is 0.229 e. The van der Waals surface area contributed by atoms with E-state index in [1.54, 1.807) is 6.21 Å². The number of nitrogens with one attached hydrogen (secondary N) is 1. The van der Waals surface area contributed by atoms with Gasteiger partial charge in [0.25, 0.3) is 0 Å². The molecule has 0 amide bonds. The molecule has 1 aromatic heterocycles. The maximum Gasteiger partial charge on any atom is 0.229 e. The largest absolute Gasteiger partial charge is 0.378 e. The average molecular weight is 382 g/mol. The Morgan fingerprint density at radius 2 is 1.68 bits per heavy atom. The van der Waals surface area contributed by atoms with Crippen LogP contribution in [0.15, 0.2) is 35.4 Å². The van der Waals surface area contributed by atoms with Gasteiger partial charge in [0.15, 0.2) is 5.82 Å². The van der Waals surface area contributed by atoms with Gasteiger partial charge in [-0.1, -0.05) is 29.8 Å². The molecule has 0 unspecified atom stereocenters. The maximum absolute atomic E-state index is 5.47. The molecule has 3 heterocycles. The van der Waals surface area contributed by atoms with Crippen LogP contribution in [0.2, 0.25) is 0 Å². The molecule has 4 rings (SSSR count). The second-order valence-corrected chi connectivity index (χ2v) is 6.89. The van der Waals surface area contributed by atoms with Gasteiger partial charge >= 0.3 is 0 Å². The van der Waals surface area contributed by atoms with Gasteiger partial charge in [0, 0.05) is 32.2 Å². The lowest BCUT2D eigenvalue weighted by molar-refractivity contribution is 0.121. The minimum atomic E-state index is 0.682. The topological polar surface area (TPSA) is 75.1 Å². The third kappa shape index (κ3) is 4.76. The van der Waals surface area contributed by atoms with E-state index in [1.807, 2.05) is 18.2 Å². The van der Waals surface area contributed by atoms with Gasteiger partial charge < -0.3 is 19.3 Å². The van der Waals surface area contributed by atoms with Crippen LogP contribution in [-0.2, 0) is 9.47 Å². The highest BCUT2D eigenvalue weighted by atomic mass is 16.5. The number of ether oxygens (including phenoxy) is 2. The predicted octanol–water partition coefficient (Wildman–Crippen LogP) is 1.90. The molecule has 2 aromatic rings. The van der Waals surface area contributed by atoms with E-state index in [0.29, 0.717) is 38.2 Å². The summed E-state index contributed by atoms with van der Waals surface area (Å²) in [5, 5.41) is 4.37. The number of morpholine rings is 2. The van der Waals surface area contributed by atoms with E-state index in [-0.39, 0.29) is 0 Å². The number of anilines is 3. The van der Waals surface area contributed by atoms with Crippen LogP contribution in [0.3, 0.4) is 0 Å². The number of aromatic nitrogens is 2. The first-order valence-electron chi connectivity index (χ1n) is 9.68. The molecule has 2 fully saturated rings. The molecule has 28 heavy (non-hydrogen) atoms. The Kier molecular flexibility index (Phi) is 5.98.